The Balaban J connectivity index is 3.28. The molecule has 60 valence electrons. The molecular formula is C6H14N2OS. The van der Waals surface area contributed by atoms with Crippen molar-refractivity contribution < 1.29 is 4.74 Å². The van der Waals surface area contributed by atoms with Crippen LogP contribution in [0.25, 0.3) is 0 Å². The number of rotatable bonds is 4. The first-order valence-corrected chi connectivity index (χ1v) is 4.21. The molecule has 3 nitrogen and oxygen atoms in total. The van der Waals surface area contributed by atoms with E-state index < -0.39 is 0 Å². The van der Waals surface area contributed by atoms with E-state index in [-0.39, 0.29) is 0 Å². The molecule has 0 amide bonds. The molecule has 0 radical (unpaired) electrons. The molecule has 0 saturated carbocycles. The van der Waals surface area contributed by atoms with Crippen LogP contribution in [0.5, 0.6) is 0 Å². The summed E-state index contributed by atoms with van der Waals surface area (Å²) in [7, 11) is 1.65. The molecular weight excluding hydrogens is 148 g/mol. The Morgan fingerprint density at radius 2 is 2.40 bits per heavy atom. The van der Waals surface area contributed by atoms with E-state index in [1.165, 1.54) is 0 Å². The van der Waals surface area contributed by atoms with Crippen LogP contribution in [0.15, 0.2) is 4.99 Å². The summed E-state index contributed by atoms with van der Waals surface area (Å²) < 4.78 is 4.80. The highest BCUT2D eigenvalue weighted by molar-refractivity contribution is 8.13. The topological polar surface area (TPSA) is 47.6 Å². The molecule has 0 fully saturated rings. The predicted molar refractivity (Wildman–Crippen MR) is 46.5 cm³/mol. The monoisotopic (exact) mass is 162 g/mol. The van der Waals surface area contributed by atoms with Gasteiger partial charge in [0.2, 0.25) is 0 Å². The first-order valence-electron chi connectivity index (χ1n) is 3.23. The van der Waals surface area contributed by atoms with Crippen LogP contribution in [0.3, 0.4) is 0 Å². The van der Waals surface area contributed by atoms with Crippen LogP contribution >= 0.6 is 11.8 Å². The summed E-state index contributed by atoms with van der Waals surface area (Å²) in [4.78, 5) is 4.04. The van der Waals surface area contributed by atoms with Crippen LogP contribution < -0.4 is 5.73 Å². The first-order chi connectivity index (χ1) is 4.81. The van der Waals surface area contributed by atoms with Crippen molar-refractivity contribution >= 4 is 16.9 Å². The fraction of sp³-hybridized carbons (Fsp3) is 0.833. The van der Waals surface area contributed by atoms with Crippen LogP contribution in [-0.4, -0.2) is 31.2 Å². The third kappa shape index (κ3) is 5.91. The standard InChI is InChI=1S/C6H14N2OS/c1-3-10-6(7)8-4-5-9-2/h3-5H2,1-2H3,(H2,7,8). The third-order valence-corrected chi connectivity index (χ3v) is 1.57. The molecule has 0 aliphatic rings. The molecule has 4 heteroatoms. The summed E-state index contributed by atoms with van der Waals surface area (Å²) >= 11 is 1.55. The van der Waals surface area contributed by atoms with Gasteiger partial charge in [0, 0.05) is 7.11 Å². The number of nitrogens with two attached hydrogens (primary N) is 1. The van der Waals surface area contributed by atoms with Crippen molar-refractivity contribution in [3.8, 4) is 0 Å². The Morgan fingerprint density at radius 1 is 1.70 bits per heavy atom. The van der Waals surface area contributed by atoms with E-state index in [0.29, 0.717) is 18.3 Å². The first kappa shape index (κ1) is 9.78. The van der Waals surface area contributed by atoms with Crippen molar-refractivity contribution in [3.63, 3.8) is 0 Å². The molecule has 0 aliphatic heterocycles. The number of amidine groups is 1. The fourth-order valence-electron chi connectivity index (χ4n) is 0.441. The molecule has 0 aliphatic carbocycles. The Bertz CT molecular complexity index is 106. The molecule has 0 saturated heterocycles. The zero-order valence-electron chi connectivity index (χ0n) is 6.46. The number of hydrogen-bond donors (Lipinski definition) is 1. The summed E-state index contributed by atoms with van der Waals surface area (Å²) in [6.07, 6.45) is 0. The summed E-state index contributed by atoms with van der Waals surface area (Å²) in [6.45, 7) is 3.35. The molecule has 0 aromatic rings. The second-order valence-corrected chi connectivity index (χ2v) is 2.93. The van der Waals surface area contributed by atoms with Gasteiger partial charge in [0.25, 0.3) is 0 Å². The van der Waals surface area contributed by atoms with Crippen molar-refractivity contribution in [2.24, 2.45) is 10.7 Å². The van der Waals surface area contributed by atoms with Gasteiger partial charge in [-0.15, -0.1) is 0 Å². The van der Waals surface area contributed by atoms with E-state index in [1.807, 2.05) is 6.92 Å². The lowest BCUT2D eigenvalue weighted by molar-refractivity contribution is 0.208. The van der Waals surface area contributed by atoms with E-state index in [0.717, 1.165) is 5.75 Å². The molecule has 0 bridgehead atoms. The maximum atomic E-state index is 5.48. The van der Waals surface area contributed by atoms with Crippen molar-refractivity contribution in [1.82, 2.24) is 0 Å². The smallest absolute Gasteiger partial charge is 0.153 e. The Kier molecular flexibility index (Phi) is 6.74. The number of hydrogen-bond acceptors (Lipinski definition) is 3. The quantitative estimate of drug-likeness (QED) is 0.376. The van der Waals surface area contributed by atoms with Crippen LogP contribution in [0.2, 0.25) is 0 Å². The highest BCUT2D eigenvalue weighted by Gasteiger charge is 1.87. The van der Waals surface area contributed by atoms with Gasteiger partial charge in [0.15, 0.2) is 5.17 Å². The van der Waals surface area contributed by atoms with E-state index in [2.05, 4.69) is 4.99 Å². The third-order valence-electron chi connectivity index (χ3n) is 0.855. The minimum absolute atomic E-state index is 0.644. The molecule has 0 spiro atoms. The van der Waals surface area contributed by atoms with Crippen LogP contribution in [0, 0.1) is 0 Å². The Labute approximate surface area is 66.0 Å². The van der Waals surface area contributed by atoms with Crippen molar-refractivity contribution in [2.75, 3.05) is 26.0 Å². The minimum Gasteiger partial charge on any atom is -0.383 e. The fourth-order valence-corrected chi connectivity index (χ4v) is 0.919. The lowest BCUT2D eigenvalue weighted by Gasteiger charge is -1.96. The largest absolute Gasteiger partial charge is 0.383 e. The van der Waals surface area contributed by atoms with Crippen molar-refractivity contribution in [1.29, 1.82) is 0 Å². The minimum atomic E-state index is 0.644. The average Bonchev–Trinajstić information content (AvgIpc) is 1.89. The lowest BCUT2D eigenvalue weighted by atomic mass is 10.7. The van der Waals surface area contributed by atoms with Crippen molar-refractivity contribution in [2.45, 2.75) is 6.92 Å². The maximum absolute atomic E-state index is 5.48. The van der Waals surface area contributed by atoms with Gasteiger partial charge in [-0.1, -0.05) is 18.7 Å². The molecule has 0 aromatic carbocycles. The average molecular weight is 162 g/mol. The van der Waals surface area contributed by atoms with E-state index in [9.17, 15) is 0 Å². The molecule has 0 atom stereocenters. The number of thioether (sulfide) groups is 1. The van der Waals surface area contributed by atoms with Gasteiger partial charge in [-0.2, -0.15) is 0 Å². The molecule has 2 N–H and O–H groups in total. The predicted octanol–water partition coefficient (Wildman–Crippen LogP) is 0.701. The summed E-state index contributed by atoms with van der Waals surface area (Å²) in [5.41, 5.74) is 5.48. The summed E-state index contributed by atoms with van der Waals surface area (Å²) in [5.74, 6) is 0.975. The van der Waals surface area contributed by atoms with E-state index >= 15 is 0 Å². The van der Waals surface area contributed by atoms with Gasteiger partial charge in [-0.3, -0.25) is 4.99 Å². The van der Waals surface area contributed by atoms with Gasteiger partial charge < -0.3 is 10.5 Å². The normalized spacial score (nSPS) is 12.0. The van der Waals surface area contributed by atoms with Crippen molar-refractivity contribution in [3.05, 3.63) is 0 Å². The van der Waals surface area contributed by atoms with Crippen LogP contribution in [-0.2, 0) is 4.74 Å². The number of aliphatic imine (C=N–C) groups is 1. The molecule has 0 rings (SSSR count). The molecule has 0 aromatic heterocycles. The molecule has 0 heterocycles. The van der Waals surface area contributed by atoms with Gasteiger partial charge in [-0.25, -0.2) is 0 Å². The number of ether oxygens (including phenoxy) is 1. The maximum Gasteiger partial charge on any atom is 0.153 e. The summed E-state index contributed by atoms with van der Waals surface area (Å²) in [6, 6.07) is 0. The SMILES string of the molecule is CCSC(N)=NCCOC. The van der Waals surface area contributed by atoms with Gasteiger partial charge in [0.05, 0.1) is 13.2 Å². The van der Waals surface area contributed by atoms with E-state index in [4.69, 9.17) is 10.5 Å². The van der Waals surface area contributed by atoms with Gasteiger partial charge in [-0.05, 0) is 5.75 Å². The zero-order chi connectivity index (χ0) is 7.82. The molecule has 10 heavy (non-hydrogen) atoms. The van der Waals surface area contributed by atoms with Crippen LogP contribution in [0.1, 0.15) is 6.92 Å². The zero-order valence-corrected chi connectivity index (χ0v) is 7.28. The summed E-state index contributed by atoms with van der Waals surface area (Å²) in [5, 5.41) is 0.652. The second-order valence-electron chi connectivity index (χ2n) is 1.65. The Hall–Kier alpha value is -0.220. The number of methoxy groups -OCH3 is 1. The molecule has 0 unspecified atom stereocenters. The van der Waals surface area contributed by atoms with Gasteiger partial charge in [0.1, 0.15) is 0 Å². The second kappa shape index (κ2) is 6.89. The van der Waals surface area contributed by atoms with Gasteiger partial charge >= 0.3 is 0 Å². The Morgan fingerprint density at radius 3 is 2.90 bits per heavy atom. The van der Waals surface area contributed by atoms with Crippen LogP contribution in [0.4, 0.5) is 0 Å². The highest BCUT2D eigenvalue weighted by atomic mass is 32.2. The van der Waals surface area contributed by atoms with E-state index in [1.54, 1.807) is 18.9 Å². The lowest BCUT2D eigenvalue weighted by Crippen LogP contribution is -2.08. The number of nitrogens with zero attached hydrogens (tertiary/aromatic N) is 1. The highest BCUT2D eigenvalue weighted by Crippen LogP contribution is 1.96.